The lowest BCUT2D eigenvalue weighted by Crippen LogP contribution is -2.03. The highest BCUT2D eigenvalue weighted by molar-refractivity contribution is 5.80. The van der Waals surface area contributed by atoms with Crippen LogP contribution in [0.5, 0.6) is 0 Å². The van der Waals surface area contributed by atoms with Gasteiger partial charge in [0.1, 0.15) is 5.78 Å². The first-order valence-electron chi connectivity index (χ1n) is 5.42. The van der Waals surface area contributed by atoms with Crippen LogP contribution in [0.25, 0.3) is 0 Å². The van der Waals surface area contributed by atoms with Crippen LogP contribution in [0.1, 0.15) is 46.0 Å². The number of allylic oxidation sites excluding steroid dienone is 2. The smallest absolute Gasteiger partial charge is 0.133 e. The van der Waals surface area contributed by atoms with Crippen LogP contribution in [0.3, 0.4) is 0 Å². The first-order chi connectivity index (χ1) is 6.18. The Bertz CT molecular complexity index is 262. The first kappa shape index (κ1) is 8.98. The van der Waals surface area contributed by atoms with Gasteiger partial charge in [-0.05, 0) is 31.1 Å². The fraction of sp³-hybridized carbons (Fsp3) is 0.750. The number of carbonyl (C=O) groups excluding carboxylic acids is 1. The topological polar surface area (TPSA) is 17.1 Å². The van der Waals surface area contributed by atoms with Crippen LogP contribution in [-0.2, 0) is 4.79 Å². The molecule has 0 amide bonds. The van der Waals surface area contributed by atoms with E-state index in [1.807, 2.05) is 0 Å². The van der Waals surface area contributed by atoms with Crippen molar-refractivity contribution in [3.8, 4) is 0 Å². The summed E-state index contributed by atoms with van der Waals surface area (Å²) in [5.74, 6) is 1.76. The largest absolute Gasteiger partial charge is 0.300 e. The van der Waals surface area contributed by atoms with Crippen LogP contribution in [0, 0.1) is 11.8 Å². The number of ketones is 1. The maximum atomic E-state index is 11.4. The number of Topliss-reactive ketones (excluding diaryl/α,β-unsaturated/α-hetero) is 1. The Hall–Kier alpha value is -0.590. The maximum Gasteiger partial charge on any atom is 0.133 e. The van der Waals surface area contributed by atoms with Gasteiger partial charge < -0.3 is 0 Å². The van der Waals surface area contributed by atoms with E-state index in [-0.39, 0.29) is 0 Å². The third kappa shape index (κ3) is 1.56. The molecule has 0 heterocycles. The quantitative estimate of drug-likeness (QED) is 0.521. The van der Waals surface area contributed by atoms with Gasteiger partial charge in [0.2, 0.25) is 0 Å². The minimum absolute atomic E-state index is 0.467. The second-order valence-corrected chi connectivity index (χ2v) is 4.63. The molecule has 0 aliphatic heterocycles. The predicted molar refractivity (Wildman–Crippen MR) is 53.4 cm³/mol. The zero-order valence-electron chi connectivity index (χ0n) is 8.60. The van der Waals surface area contributed by atoms with Crippen molar-refractivity contribution in [2.45, 2.75) is 46.0 Å². The third-order valence-electron chi connectivity index (χ3n) is 3.66. The van der Waals surface area contributed by atoms with Crippen molar-refractivity contribution in [1.29, 1.82) is 0 Å². The molecule has 0 aromatic heterocycles. The summed E-state index contributed by atoms with van der Waals surface area (Å²) >= 11 is 0. The summed E-state index contributed by atoms with van der Waals surface area (Å²) in [5.41, 5.74) is 3.25. The fourth-order valence-corrected chi connectivity index (χ4v) is 2.83. The van der Waals surface area contributed by atoms with Gasteiger partial charge in [0.15, 0.2) is 0 Å². The molecule has 2 unspecified atom stereocenters. The molecule has 0 fully saturated rings. The van der Waals surface area contributed by atoms with E-state index in [1.54, 1.807) is 11.1 Å². The first-order valence-corrected chi connectivity index (χ1v) is 5.42. The molecule has 2 aliphatic rings. The fourth-order valence-electron chi connectivity index (χ4n) is 2.83. The standard InChI is InChI=1S/C12H18O/c1-8-3-5-12-9(2)7-10(13)4-6-11(8)12/h8-9H,3-7H2,1-2H3. The summed E-state index contributed by atoms with van der Waals surface area (Å²) in [6.07, 6.45) is 5.23. The van der Waals surface area contributed by atoms with Crippen molar-refractivity contribution in [2.75, 3.05) is 0 Å². The third-order valence-corrected chi connectivity index (χ3v) is 3.66. The second kappa shape index (κ2) is 3.28. The maximum absolute atomic E-state index is 11.4. The van der Waals surface area contributed by atoms with Gasteiger partial charge in [0, 0.05) is 12.8 Å². The molecule has 0 N–H and O–H groups in total. The lowest BCUT2D eigenvalue weighted by molar-refractivity contribution is -0.119. The Morgan fingerprint density at radius 2 is 1.69 bits per heavy atom. The Balaban J connectivity index is 2.25. The molecule has 1 nitrogen and oxygen atoms in total. The normalized spacial score (nSPS) is 34.8. The number of hydrogen-bond donors (Lipinski definition) is 0. The second-order valence-electron chi connectivity index (χ2n) is 4.63. The van der Waals surface area contributed by atoms with Crippen LogP contribution in [-0.4, -0.2) is 5.78 Å². The SMILES string of the molecule is CC1CCC2=C1CCC(=O)CC2C. The zero-order chi connectivity index (χ0) is 9.42. The highest BCUT2D eigenvalue weighted by atomic mass is 16.1. The molecular weight excluding hydrogens is 160 g/mol. The van der Waals surface area contributed by atoms with E-state index in [2.05, 4.69) is 13.8 Å². The summed E-state index contributed by atoms with van der Waals surface area (Å²) in [6, 6.07) is 0. The summed E-state index contributed by atoms with van der Waals surface area (Å²) in [5, 5.41) is 0. The molecule has 0 radical (unpaired) electrons. The van der Waals surface area contributed by atoms with Crippen molar-refractivity contribution in [2.24, 2.45) is 11.8 Å². The molecule has 0 spiro atoms. The van der Waals surface area contributed by atoms with E-state index in [1.165, 1.54) is 12.8 Å². The van der Waals surface area contributed by atoms with Gasteiger partial charge in [-0.15, -0.1) is 0 Å². The van der Waals surface area contributed by atoms with Crippen molar-refractivity contribution in [3.63, 3.8) is 0 Å². The van der Waals surface area contributed by atoms with Crippen LogP contribution in [0.15, 0.2) is 11.1 Å². The van der Waals surface area contributed by atoms with Crippen molar-refractivity contribution in [3.05, 3.63) is 11.1 Å². The zero-order valence-corrected chi connectivity index (χ0v) is 8.60. The van der Waals surface area contributed by atoms with Crippen molar-refractivity contribution >= 4 is 5.78 Å². The van der Waals surface area contributed by atoms with Gasteiger partial charge in [0.05, 0.1) is 0 Å². The lowest BCUT2D eigenvalue weighted by atomic mass is 9.94. The lowest BCUT2D eigenvalue weighted by Gasteiger charge is -2.11. The van der Waals surface area contributed by atoms with Crippen LogP contribution >= 0.6 is 0 Å². The van der Waals surface area contributed by atoms with Gasteiger partial charge in [-0.2, -0.15) is 0 Å². The molecule has 2 atom stereocenters. The van der Waals surface area contributed by atoms with Crippen LogP contribution in [0.4, 0.5) is 0 Å². The minimum atomic E-state index is 0.467. The summed E-state index contributed by atoms with van der Waals surface area (Å²) in [7, 11) is 0. The molecule has 13 heavy (non-hydrogen) atoms. The van der Waals surface area contributed by atoms with Gasteiger partial charge in [-0.1, -0.05) is 25.0 Å². The van der Waals surface area contributed by atoms with Gasteiger partial charge in [-0.3, -0.25) is 4.79 Å². The molecule has 1 heteroatoms. The van der Waals surface area contributed by atoms with Gasteiger partial charge >= 0.3 is 0 Å². The molecule has 2 aliphatic carbocycles. The Kier molecular flexibility index (Phi) is 2.27. The van der Waals surface area contributed by atoms with Crippen LogP contribution in [0.2, 0.25) is 0 Å². The van der Waals surface area contributed by atoms with Gasteiger partial charge in [0.25, 0.3) is 0 Å². The highest BCUT2D eigenvalue weighted by Crippen LogP contribution is 2.41. The van der Waals surface area contributed by atoms with E-state index in [0.29, 0.717) is 11.7 Å². The molecule has 2 rings (SSSR count). The van der Waals surface area contributed by atoms with Crippen LogP contribution < -0.4 is 0 Å². The molecule has 0 aromatic rings. The molecule has 0 aromatic carbocycles. The minimum Gasteiger partial charge on any atom is -0.300 e. The van der Waals surface area contributed by atoms with E-state index in [4.69, 9.17) is 0 Å². The van der Waals surface area contributed by atoms with Gasteiger partial charge in [-0.25, -0.2) is 0 Å². The number of rotatable bonds is 0. The van der Waals surface area contributed by atoms with E-state index < -0.39 is 0 Å². The summed E-state index contributed by atoms with van der Waals surface area (Å²) in [6.45, 7) is 4.53. The van der Waals surface area contributed by atoms with Crippen molar-refractivity contribution in [1.82, 2.24) is 0 Å². The Labute approximate surface area is 80.2 Å². The van der Waals surface area contributed by atoms with Crippen molar-refractivity contribution < 1.29 is 4.79 Å². The molecule has 0 bridgehead atoms. The number of carbonyl (C=O) groups is 1. The average molecular weight is 178 g/mol. The molecule has 0 saturated carbocycles. The molecular formula is C12H18O. The molecule has 72 valence electrons. The Morgan fingerprint density at radius 3 is 2.46 bits per heavy atom. The van der Waals surface area contributed by atoms with E-state index in [9.17, 15) is 4.79 Å². The average Bonchev–Trinajstić information content (AvgIpc) is 2.36. The highest BCUT2D eigenvalue weighted by Gasteiger charge is 2.28. The van der Waals surface area contributed by atoms with E-state index in [0.717, 1.165) is 25.2 Å². The van der Waals surface area contributed by atoms with E-state index >= 15 is 0 Å². The summed E-state index contributed by atoms with van der Waals surface area (Å²) < 4.78 is 0. The monoisotopic (exact) mass is 178 g/mol. The number of hydrogen-bond acceptors (Lipinski definition) is 1. The Morgan fingerprint density at radius 1 is 1.00 bits per heavy atom. The summed E-state index contributed by atoms with van der Waals surface area (Å²) in [4.78, 5) is 11.4. The predicted octanol–water partition coefficient (Wildman–Crippen LogP) is 3.10. The molecule has 0 saturated heterocycles.